The van der Waals surface area contributed by atoms with Crippen LogP contribution in [0.25, 0.3) is 0 Å². The van der Waals surface area contributed by atoms with E-state index >= 15 is 0 Å². The molecule has 21 heavy (non-hydrogen) atoms. The van der Waals surface area contributed by atoms with Crippen molar-refractivity contribution >= 4 is 15.7 Å². The van der Waals surface area contributed by atoms with Gasteiger partial charge in [0.05, 0.1) is 9.82 Å². The molecule has 0 aromatic heterocycles. The zero-order valence-corrected chi connectivity index (χ0v) is 13.1. The van der Waals surface area contributed by atoms with E-state index in [1.54, 1.807) is 13.8 Å². The third-order valence-corrected chi connectivity index (χ3v) is 5.62. The van der Waals surface area contributed by atoms with E-state index < -0.39 is 14.9 Å². The molecule has 1 aliphatic rings. The standard InChI is InChI=1S/C13H19N3O4S/c1-9-6-12(7-13(11(9)3)16(17)18)21(19,20)15-5-4-14-10(2)8-15/h6-7,10,14H,4-5,8H2,1-3H3. The zero-order chi connectivity index (χ0) is 15.8. The Kier molecular flexibility index (Phi) is 4.31. The minimum Gasteiger partial charge on any atom is -0.312 e. The van der Waals surface area contributed by atoms with Gasteiger partial charge in [-0.05, 0) is 32.4 Å². The van der Waals surface area contributed by atoms with Gasteiger partial charge in [-0.3, -0.25) is 10.1 Å². The first kappa shape index (κ1) is 15.9. The molecule has 1 atom stereocenters. The fourth-order valence-electron chi connectivity index (χ4n) is 2.41. The molecule has 1 N–H and O–H groups in total. The van der Waals surface area contributed by atoms with Gasteiger partial charge in [-0.25, -0.2) is 8.42 Å². The van der Waals surface area contributed by atoms with Gasteiger partial charge in [0.2, 0.25) is 10.0 Å². The number of hydrogen-bond acceptors (Lipinski definition) is 5. The summed E-state index contributed by atoms with van der Waals surface area (Å²) in [7, 11) is -3.70. The number of nitro groups is 1. The third-order valence-electron chi connectivity index (χ3n) is 3.78. The predicted molar refractivity (Wildman–Crippen MR) is 78.8 cm³/mol. The van der Waals surface area contributed by atoms with E-state index in [-0.39, 0.29) is 16.6 Å². The van der Waals surface area contributed by atoms with E-state index in [1.165, 1.54) is 10.4 Å². The quantitative estimate of drug-likeness (QED) is 0.668. The minimum atomic E-state index is -3.70. The number of hydrogen-bond donors (Lipinski definition) is 1. The van der Waals surface area contributed by atoms with Crippen LogP contribution in [0.2, 0.25) is 0 Å². The number of nitrogens with one attached hydrogen (secondary N) is 1. The number of sulfonamides is 1. The summed E-state index contributed by atoms with van der Waals surface area (Å²) in [5.41, 5.74) is 0.940. The van der Waals surface area contributed by atoms with Crippen LogP contribution in [-0.2, 0) is 10.0 Å². The van der Waals surface area contributed by atoms with Crippen molar-refractivity contribution in [1.82, 2.24) is 9.62 Å². The molecule has 0 radical (unpaired) electrons. The normalized spacial score (nSPS) is 20.4. The Morgan fingerprint density at radius 1 is 1.38 bits per heavy atom. The molecule has 1 saturated heterocycles. The number of nitro benzene ring substituents is 1. The summed E-state index contributed by atoms with van der Waals surface area (Å²) in [6, 6.07) is 2.73. The van der Waals surface area contributed by atoms with Gasteiger partial charge in [0, 0.05) is 37.3 Å². The van der Waals surface area contributed by atoms with Crippen molar-refractivity contribution in [3.8, 4) is 0 Å². The van der Waals surface area contributed by atoms with Crippen LogP contribution >= 0.6 is 0 Å². The molecule has 1 aromatic carbocycles. The predicted octanol–water partition coefficient (Wildman–Crippen LogP) is 1.19. The Labute approximate surface area is 124 Å². The van der Waals surface area contributed by atoms with Crippen LogP contribution in [-0.4, -0.2) is 43.3 Å². The topological polar surface area (TPSA) is 92.6 Å². The van der Waals surface area contributed by atoms with Gasteiger partial charge >= 0.3 is 0 Å². The molecule has 1 aromatic rings. The van der Waals surface area contributed by atoms with E-state index in [1.807, 2.05) is 6.92 Å². The summed E-state index contributed by atoms with van der Waals surface area (Å²) in [5, 5.41) is 14.2. The van der Waals surface area contributed by atoms with Gasteiger partial charge < -0.3 is 5.32 Å². The Hall–Kier alpha value is -1.51. The average molecular weight is 313 g/mol. The summed E-state index contributed by atoms with van der Waals surface area (Å²) in [4.78, 5) is 10.5. The largest absolute Gasteiger partial charge is 0.312 e. The van der Waals surface area contributed by atoms with E-state index in [0.717, 1.165) is 6.07 Å². The van der Waals surface area contributed by atoms with E-state index in [9.17, 15) is 18.5 Å². The fraction of sp³-hybridized carbons (Fsp3) is 0.538. The molecule has 7 nitrogen and oxygen atoms in total. The smallest absolute Gasteiger partial charge is 0.273 e. The first-order valence-electron chi connectivity index (χ1n) is 6.72. The molecule has 0 bridgehead atoms. The number of rotatable bonds is 3. The molecule has 0 spiro atoms. The summed E-state index contributed by atoms with van der Waals surface area (Å²) >= 11 is 0. The SMILES string of the molecule is Cc1cc(S(=O)(=O)N2CCNC(C)C2)cc([N+](=O)[O-])c1C. The van der Waals surface area contributed by atoms with Crippen LogP contribution in [0.3, 0.4) is 0 Å². The van der Waals surface area contributed by atoms with Gasteiger partial charge in [0.25, 0.3) is 5.69 Å². The van der Waals surface area contributed by atoms with Crippen LogP contribution in [0, 0.1) is 24.0 Å². The van der Waals surface area contributed by atoms with E-state index in [2.05, 4.69) is 5.32 Å². The minimum absolute atomic E-state index is 0.00796. The molecule has 1 fully saturated rings. The van der Waals surface area contributed by atoms with Gasteiger partial charge in [-0.2, -0.15) is 4.31 Å². The van der Waals surface area contributed by atoms with Gasteiger partial charge in [-0.15, -0.1) is 0 Å². The second kappa shape index (κ2) is 5.70. The fourth-order valence-corrected chi connectivity index (χ4v) is 4.05. The lowest BCUT2D eigenvalue weighted by atomic mass is 10.1. The maximum atomic E-state index is 12.6. The van der Waals surface area contributed by atoms with Crippen LogP contribution in [0.5, 0.6) is 0 Å². The first-order chi connectivity index (χ1) is 9.73. The molecule has 2 rings (SSSR count). The molecule has 8 heteroatoms. The molecule has 0 aliphatic carbocycles. The molecule has 0 saturated carbocycles. The molecule has 116 valence electrons. The lowest BCUT2D eigenvalue weighted by molar-refractivity contribution is -0.385. The molecule has 1 heterocycles. The number of piperazine rings is 1. The summed E-state index contributed by atoms with van der Waals surface area (Å²) in [5.74, 6) is 0. The Bertz CT molecular complexity index is 672. The van der Waals surface area contributed by atoms with Crippen LogP contribution in [0.4, 0.5) is 5.69 Å². The maximum absolute atomic E-state index is 12.6. The second-order valence-corrected chi connectivity index (χ2v) is 7.30. The van der Waals surface area contributed by atoms with E-state index in [4.69, 9.17) is 0 Å². The molecule has 1 unspecified atom stereocenters. The van der Waals surface area contributed by atoms with Crippen molar-refractivity contribution in [2.45, 2.75) is 31.7 Å². The lowest BCUT2D eigenvalue weighted by Gasteiger charge is -2.31. The monoisotopic (exact) mass is 313 g/mol. The molecule has 0 amide bonds. The average Bonchev–Trinajstić information content (AvgIpc) is 2.41. The van der Waals surface area contributed by atoms with Crippen LogP contribution in [0.15, 0.2) is 17.0 Å². The summed E-state index contributed by atoms with van der Waals surface area (Å²) < 4.78 is 26.7. The molecular formula is C13H19N3O4S. The van der Waals surface area contributed by atoms with Crippen LogP contribution in [0.1, 0.15) is 18.1 Å². The maximum Gasteiger partial charge on any atom is 0.273 e. The highest BCUT2D eigenvalue weighted by Gasteiger charge is 2.30. The van der Waals surface area contributed by atoms with Crippen molar-refractivity contribution in [2.75, 3.05) is 19.6 Å². The first-order valence-corrected chi connectivity index (χ1v) is 8.16. The highest BCUT2D eigenvalue weighted by molar-refractivity contribution is 7.89. The van der Waals surface area contributed by atoms with Crippen molar-refractivity contribution < 1.29 is 13.3 Å². The molecule has 1 aliphatic heterocycles. The van der Waals surface area contributed by atoms with Crippen LogP contribution < -0.4 is 5.32 Å². The highest BCUT2D eigenvalue weighted by Crippen LogP contribution is 2.28. The van der Waals surface area contributed by atoms with Gasteiger partial charge in [-0.1, -0.05) is 0 Å². The number of aryl methyl sites for hydroxylation is 1. The summed E-state index contributed by atoms with van der Waals surface area (Å²) in [6.07, 6.45) is 0. The van der Waals surface area contributed by atoms with E-state index in [0.29, 0.717) is 30.8 Å². The molecular weight excluding hydrogens is 294 g/mol. The van der Waals surface area contributed by atoms with Crippen molar-refractivity contribution in [2.24, 2.45) is 0 Å². The Morgan fingerprint density at radius 3 is 2.62 bits per heavy atom. The van der Waals surface area contributed by atoms with Gasteiger partial charge in [0.15, 0.2) is 0 Å². The Morgan fingerprint density at radius 2 is 2.05 bits per heavy atom. The Balaban J connectivity index is 2.47. The van der Waals surface area contributed by atoms with Crippen molar-refractivity contribution in [3.63, 3.8) is 0 Å². The lowest BCUT2D eigenvalue weighted by Crippen LogP contribution is -2.51. The zero-order valence-electron chi connectivity index (χ0n) is 12.3. The third kappa shape index (κ3) is 3.07. The summed E-state index contributed by atoms with van der Waals surface area (Å²) in [6.45, 7) is 6.52. The number of nitrogens with zero attached hydrogens (tertiary/aromatic N) is 2. The number of benzene rings is 1. The van der Waals surface area contributed by atoms with Crippen molar-refractivity contribution in [1.29, 1.82) is 0 Å². The van der Waals surface area contributed by atoms with Gasteiger partial charge in [0.1, 0.15) is 0 Å². The van der Waals surface area contributed by atoms with Crippen molar-refractivity contribution in [3.05, 3.63) is 33.4 Å². The highest BCUT2D eigenvalue weighted by atomic mass is 32.2. The second-order valence-electron chi connectivity index (χ2n) is 5.36.